The van der Waals surface area contributed by atoms with Crippen LogP contribution in [0.4, 0.5) is 0 Å². The van der Waals surface area contributed by atoms with Gasteiger partial charge in [0.2, 0.25) is 0 Å². The molecular formula is C15H20N2O2. The lowest BCUT2D eigenvalue weighted by Gasteiger charge is -2.19. The molecule has 1 aromatic rings. The van der Waals surface area contributed by atoms with Gasteiger partial charge in [0.15, 0.2) is 5.78 Å². The van der Waals surface area contributed by atoms with Crippen molar-refractivity contribution < 1.29 is 9.53 Å². The molecule has 0 aromatic heterocycles. The minimum atomic E-state index is 0.167. The van der Waals surface area contributed by atoms with Gasteiger partial charge in [-0.25, -0.2) is 0 Å². The third kappa shape index (κ3) is 6.70. The third-order valence-corrected chi connectivity index (χ3v) is 2.80. The monoisotopic (exact) mass is 260 g/mol. The third-order valence-electron chi connectivity index (χ3n) is 2.80. The van der Waals surface area contributed by atoms with Crippen LogP contribution in [-0.2, 0) is 16.0 Å². The summed E-state index contributed by atoms with van der Waals surface area (Å²) in [6, 6.07) is 11.8. The van der Waals surface area contributed by atoms with Crippen LogP contribution in [0.3, 0.4) is 0 Å². The molecule has 0 aliphatic rings. The highest BCUT2D eigenvalue weighted by atomic mass is 16.5. The number of Topliss-reactive ketones (excluding diaryl/α,β-unsaturated/α-hetero) is 1. The molecule has 0 N–H and O–H groups in total. The van der Waals surface area contributed by atoms with Crippen LogP contribution >= 0.6 is 0 Å². The van der Waals surface area contributed by atoms with Crippen LogP contribution in [0.25, 0.3) is 0 Å². The Kier molecular flexibility index (Phi) is 7.48. The maximum atomic E-state index is 12.0. The second-order valence-electron chi connectivity index (χ2n) is 4.38. The van der Waals surface area contributed by atoms with Crippen LogP contribution in [0.1, 0.15) is 12.0 Å². The molecule has 0 atom stereocenters. The van der Waals surface area contributed by atoms with E-state index in [9.17, 15) is 4.79 Å². The maximum absolute atomic E-state index is 12.0. The van der Waals surface area contributed by atoms with Crippen molar-refractivity contribution in [2.24, 2.45) is 0 Å². The van der Waals surface area contributed by atoms with Crippen molar-refractivity contribution >= 4 is 5.78 Å². The molecule has 0 heterocycles. The Morgan fingerprint density at radius 3 is 2.68 bits per heavy atom. The zero-order valence-corrected chi connectivity index (χ0v) is 11.3. The lowest BCUT2D eigenvalue weighted by atomic mass is 10.1. The molecule has 0 spiro atoms. The summed E-state index contributed by atoms with van der Waals surface area (Å²) < 4.78 is 5.02. The van der Waals surface area contributed by atoms with Gasteiger partial charge in [-0.15, -0.1) is 0 Å². The van der Waals surface area contributed by atoms with Crippen molar-refractivity contribution in [1.29, 1.82) is 5.26 Å². The number of ether oxygens (including phenoxy) is 1. The first-order valence-corrected chi connectivity index (χ1v) is 6.40. The SMILES string of the molecule is COCCN(CCC#N)CC(=O)Cc1ccccc1. The first kappa shape index (κ1) is 15.4. The van der Waals surface area contributed by atoms with Gasteiger partial charge in [0.1, 0.15) is 0 Å². The van der Waals surface area contributed by atoms with Crippen molar-refractivity contribution in [1.82, 2.24) is 4.90 Å². The fourth-order valence-corrected chi connectivity index (χ4v) is 1.83. The summed E-state index contributed by atoms with van der Waals surface area (Å²) in [5.41, 5.74) is 1.03. The number of hydrogen-bond donors (Lipinski definition) is 0. The molecule has 102 valence electrons. The molecule has 0 fully saturated rings. The number of nitriles is 1. The van der Waals surface area contributed by atoms with Crippen LogP contribution in [0.15, 0.2) is 30.3 Å². The van der Waals surface area contributed by atoms with Crippen molar-refractivity contribution in [2.75, 3.05) is 33.4 Å². The fourth-order valence-electron chi connectivity index (χ4n) is 1.83. The molecule has 0 saturated heterocycles. The predicted octanol–water partition coefficient (Wildman–Crippen LogP) is 1.66. The van der Waals surface area contributed by atoms with Gasteiger partial charge in [-0.3, -0.25) is 9.69 Å². The van der Waals surface area contributed by atoms with Crippen molar-refractivity contribution in [3.63, 3.8) is 0 Å². The molecule has 0 aliphatic heterocycles. The maximum Gasteiger partial charge on any atom is 0.151 e. The molecule has 1 rings (SSSR count). The van der Waals surface area contributed by atoms with E-state index in [0.29, 0.717) is 39.1 Å². The summed E-state index contributed by atoms with van der Waals surface area (Å²) >= 11 is 0. The van der Waals surface area contributed by atoms with E-state index in [1.807, 2.05) is 35.2 Å². The van der Waals surface area contributed by atoms with Gasteiger partial charge in [-0.1, -0.05) is 30.3 Å². The number of rotatable bonds is 9. The van der Waals surface area contributed by atoms with E-state index < -0.39 is 0 Å². The minimum Gasteiger partial charge on any atom is -0.383 e. The fraction of sp³-hybridized carbons (Fsp3) is 0.467. The van der Waals surface area contributed by atoms with Crippen LogP contribution in [0, 0.1) is 11.3 Å². The Morgan fingerprint density at radius 2 is 2.05 bits per heavy atom. The number of benzene rings is 1. The van der Waals surface area contributed by atoms with E-state index in [-0.39, 0.29) is 5.78 Å². The number of hydrogen-bond acceptors (Lipinski definition) is 4. The average molecular weight is 260 g/mol. The van der Waals surface area contributed by atoms with Crippen LogP contribution < -0.4 is 0 Å². The Morgan fingerprint density at radius 1 is 1.32 bits per heavy atom. The number of nitrogens with zero attached hydrogens (tertiary/aromatic N) is 2. The lowest BCUT2D eigenvalue weighted by molar-refractivity contribution is -0.119. The highest BCUT2D eigenvalue weighted by Crippen LogP contribution is 2.02. The lowest BCUT2D eigenvalue weighted by Crippen LogP contribution is -2.34. The quantitative estimate of drug-likeness (QED) is 0.677. The Balaban J connectivity index is 2.43. The van der Waals surface area contributed by atoms with Gasteiger partial charge in [0, 0.05) is 33.0 Å². The molecule has 0 bridgehead atoms. The van der Waals surface area contributed by atoms with Crippen molar-refractivity contribution in [3.8, 4) is 6.07 Å². The van der Waals surface area contributed by atoms with Gasteiger partial charge in [-0.05, 0) is 5.56 Å². The van der Waals surface area contributed by atoms with E-state index >= 15 is 0 Å². The molecule has 4 heteroatoms. The highest BCUT2D eigenvalue weighted by molar-refractivity contribution is 5.82. The van der Waals surface area contributed by atoms with Gasteiger partial charge in [0.25, 0.3) is 0 Å². The van der Waals surface area contributed by atoms with Gasteiger partial charge in [0.05, 0.1) is 19.2 Å². The van der Waals surface area contributed by atoms with Gasteiger partial charge < -0.3 is 4.74 Å². The standard InChI is InChI=1S/C15H20N2O2/c1-19-11-10-17(9-5-8-16)13-15(18)12-14-6-3-2-4-7-14/h2-4,6-7H,5,9-13H2,1H3. The van der Waals surface area contributed by atoms with Gasteiger partial charge >= 0.3 is 0 Å². The van der Waals surface area contributed by atoms with Crippen LogP contribution in [0.5, 0.6) is 0 Å². The van der Waals surface area contributed by atoms with E-state index in [4.69, 9.17) is 10.00 Å². The molecule has 0 amide bonds. The van der Waals surface area contributed by atoms with Crippen LogP contribution in [0.2, 0.25) is 0 Å². The molecule has 0 saturated carbocycles. The zero-order valence-electron chi connectivity index (χ0n) is 11.3. The highest BCUT2D eigenvalue weighted by Gasteiger charge is 2.10. The molecule has 1 aromatic carbocycles. The largest absolute Gasteiger partial charge is 0.383 e. The molecule has 0 radical (unpaired) electrons. The number of methoxy groups -OCH3 is 1. The smallest absolute Gasteiger partial charge is 0.151 e. The first-order valence-electron chi connectivity index (χ1n) is 6.40. The normalized spacial score (nSPS) is 10.4. The minimum absolute atomic E-state index is 0.167. The topological polar surface area (TPSA) is 53.3 Å². The van der Waals surface area contributed by atoms with Crippen molar-refractivity contribution in [2.45, 2.75) is 12.8 Å². The molecule has 4 nitrogen and oxygen atoms in total. The second kappa shape index (κ2) is 9.26. The first-order chi connectivity index (χ1) is 9.26. The molecular weight excluding hydrogens is 240 g/mol. The predicted molar refractivity (Wildman–Crippen MR) is 73.7 cm³/mol. The summed E-state index contributed by atoms with van der Waals surface area (Å²) in [6.45, 7) is 2.24. The van der Waals surface area contributed by atoms with E-state index in [1.54, 1.807) is 7.11 Å². The zero-order chi connectivity index (χ0) is 13.9. The Bertz CT molecular complexity index is 412. The molecule has 0 aliphatic carbocycles. The summed E-state index contributed by atoms with van der Waals surface area (Å²) in [5, 5.41) is 8.62. The number of ketones is 1. The average Bonchev–Trinajstić information content (AvgIpc) is 2.43. The summed E-state index contributed by atoms with van der Waals surface area (Å²) in [7, 11) is 1.63. The Labute approximate surface area is 114 Å². The van der Waals surface area contributed by atoms with E-state index in [0.717, 1.165) is 5.56 Å². The van der Waals surface area contributed by atoms with Crippen LogP contribution in [-0.4, -0.2) is 44.0 Å². The summed E-state index contributed by atoms with van der Waals surface area (Å²) in [6.07, 6.45) is 0.874. The number of carbonyl (C=O) groups is 1. The van der Waals surface area contributed by atoms with E-state index in [1.165, 1.54) is 0 Å². The molecule has 0 unspecified atom stereocenters. The second-order valence-corrected chi connectivity index (χ2v) is 4.38. The molecule has 19 heavy (non-hydrogen) atoms. The van der Waals surface area contributed by atoms with Gasteiger partial charge in [-0.2, -0.15) is 5.26 Å². The number of carbonyl (C=O) groups excluding carboxylic acids is 1. The Hall–Kier alpha value is -1.70. The summed E-state index contributed by atoms with van der Waals surface area (Å²) in [4.78, 5) is 14.0. The van der Waals surface area contributed by atoms with E-state index in [2.05, 4.69) is 6.07 Å². The van der Waals surface area contributed by atoms with Crippen molar-refractivity contribution in [3.05, 3.63) is 35.9 Å². The summed E-state index contributed by atoms with van der Waals surface area (Å²) in [5.74, 6) is 0.167.